The van der Waals surface area contributed by atoms with Crippen LogP contribution in [-0.4, -0.2) is 35.7 Å². The van der Waals surface area contributed by atoms with Crippen molar-refractivity contribution in [2.24, 2.45) is 5.92 Å². The van der Waals surface area contributed by atoms with Gasteiger partial charge in [-0.3, -0.25) is 0 Å². The number of nitrogens with zero attached hydrogens (tertiary/aromatic N) is 1. The first-order valence-corrected chi connectivity index (χ1v) is 9.12. The zero-order valence-corrected chi connectivity index (χ0v) is 14.8. The second-order valence-electron chi connectivity index (χ2n) is 6.83. The number of likely N-dealkylation sites (tertiary alicyclic amines) is 1. The Morgan fingerprint density at radius 2 is 1.77 bits per heavy atom. The van der Waals surface area contributed by atoms with E-state index in [-0.39, 0.29) is 24.4 Å². The molecular formula is C21H25FN2O2. The third kappa shape index (κ3) is 4.61. The van der Waals surface area contributed by atoms with Crippen LogP contribution < -0.4 is 5.32 Å². The van der Waals surface area contributed by atoms with E-state index >= 15 is 0 Å². The predicted molar refractivity (Wildman–Crippen MR) is 99.2 cm³/mol. The van der Waals surface area contributed by atoms with Crippen molar-refractivity contribution in [3.05, 3.63) is 71.5 Å². The highest BCUT2D eigenvalue weighted by Crippen LogP contribution is 2.23. The van der Waals surface area contributed by atoms with Crippen LogP contribution in [0.3, 0.4) is 0 Å². The number of rotatable bonds is 5. The molecule has 3 rings (SSSR count). The molecule has 1 fully saturated rings. The minimum absolute atomic E-state index is 0.168. The number of carbonyl (C=O) groups excluding carboxylic acids is 1. The fourth-order valence-corrected chi connectivity index (χ4v) is 3.41. The molecule has 1 aliphatic heterocycles. The van der Waals surface area contributed by atoms with Gasteiger partial charge in [0.1, 0.15) is 5.82 Å². The molecule has 0 spiro atoms. The Morgan fingerprint density at radius 1 is 1.12 bits per heavy atom. The van der Waals surface area contributed by atoms with E-state index in [9.17, 15) is 14.3 Å². The van der Waals surface area contributed by atoms with Crippen LogP contribution in [0.2, 0.25) is 0 Å². The van der Waals surface area contributed by atoms with Crippen molar-refractivity contribution in [2.75, 3.05) is 19.7 Å². The quantitative estimate of drug-likeness (QED) is 0.861. The van der Waals surface area contributed by atoms with Crippen LogP contribution in [-0.2, 0) is 6.42 Å². The van der Waals surface area contributed by atoms with Gasteiger partial charge in [0.25, 0.3) is 0 Å². The minimum Gasteiger partial charge on any atom is -0.396 e. The highest BCUT2D eigenvalue weighted by Gasteiger charge is 2.25. The van der Waals surface area contributed by atoms with Gasteiger partial charge in [-0.25, -0.2) is 9.18 Å². The van der Waals surface area contributed by atoms with Gasteiger partial charge >= 0.3 is 6.03 Å². The molecule has 4 nitrogen and oxygen atoms in total. The molecule has 0 radical (unpaired) electrons. The van der Waals surface area contributed by atoms with E-state index in [0.29, 0.717) is 25.1 Å². The predicted octanol–water partition coefficient (Wildman–Crippen LogP) is 3.52. The maximum atomic E-state index is 14.3. The van der Waals surface area contributed by atoms with Crippen LogP contribution >= 0.6 is 0 Å². The average molecular weight is 356 g/mol. The smallest absolute Gasteiger partial charge is 0.317 e. The molecule has 1 aliphatic rings. The van der Waals surface area contributed by atoms with Crippen molar-refractivity contribution in [1.29, 1.82) is 0 Å². The van der Waals surface area contributed by atoms with Crippen LogP contribution in [0.1, 0.15) is 30.0 Å². The van der Waals surface area contributed by atoms with E-state index in [1.807, 2.05) is 30.3 Å². The molecule has 26 heavy (non-hydrogen) atoms. The highest BCUT2D eigenvalue weighted by molar-refractivity contribution is 5.75. The highest BCUT2D eigenvalue weighted by atomic mass is 19.1. The number of aliphatic hydroxyl groups is 1. The van der Waals surface area contributed by atoms with Crippen molar-refractivity contribution in [3.8, 4) is 0 Å². The molecule has 2 amide bonds. The van der Waals surface area contributed by atoms with Gasteiger partial charge in [0.2, 0.25) is 0 Å². The van der Waals surface area contributed by atoms with Crippen molar-refractivity contribution in [1.82, 2.24) is 10.2 Å². The van der Waals surface area contributed by atoms with E-state index < -0.39 is 6.04 Å². The van der Waals surface area contributed by atoms with Gasteiger partial charge in [-0.15, -0.1) is 0 Å². The number of nitrogens with one attached hydrogen (secondary N) is 1. The van der Waals surface area contributed by atoms with Crippen molar-refractivity contribution >= 4 is 6.03 Å². The molecule has 5 heteroatoms. The lowest BCUT2D eigenvalue weighted by Gasteiger charge is -2.32. The number of hydrogen-bond donors (Lipinski definition) is 2. The normalized spacial score (nSPS) is 16.3. The van der Waals surface area contributed by atoms with Crippen molar-refractivity contribution < 1.29 is 14.3 Å². The molecule has 0 aromatic heterocycles. The standard InChI is InChI=1S/C21H25FN2O2/c22-19-9-5-4-8-18(19)20(14-16-6-2-1-3-7-16)23-21(26)24-12-10-17(15-25)11-13-24/h1-9,17,20,25H,10-15H2,(H,23,26)/t20-/m1/s1. The fourth-order valence-electron chi connectivity index (χ4n) is 3.41. The fraction of sp³-hybridized carbons (Fsp3) is 0.381. The monoisotopic (exact) mass is 356 g/mol. The summed E-state index contributed by atoms with van der Waals surface area (Å²) in [6.07, 6.45) is 2.13. The molecule has 0 bridgehead atoms. The van der Waals surface area contributed by atoms with E-state index in [1.54, 1.807) is 23.1 Å². The first kappa shape index (κ1) is 18.4. The van der Waals surface area contributed by atoms with Gasteiger partial charge in [-0.1, -0.05) is 48.5 Å². The van der Waals surface area contributed by atoms with E-state index in [4.69, 9.17) is 0 Å². The lowest BCUT2D eigenvalue weighted by Crippen LogP contribution is -2.46. The van der Waals surface area contributed by atoms with Crippen molar-refractivity contribution in [2.45, 2.75) is 25.3 Å². The lowest BCUT2D eigenvalue weighted by molar-refractivity contribution is 0.135. The molecule has 2 aromatic carbocycles. The van der Waals surface area contributed by atoms with Crippen LogP contribution in [0, 0.1) is 11.7 Å². The zero-order chi connectivity index (χ0) is 18.4. The maximum absolute atomic E-state index is 14.3. The molecule has 1 atom stereocenters. The second kappa shape index (κ2) is 8.81. The van der Waals surface area contributed by atoms with E-state index in [1.165, 1.54) is 6.07 Å². The summed E-state index contributed by atoms with van der Waals surface area (Å²) in [5, 5.41) is 12.3. The maximum Gasteiger partial charge on any atom is 0.317 e. The number of halogens is 1. The number of aliphatic hydroxyl groups excluding tert-OH is 1. The Balaban J connectivity index is 1.73. The Bertz CT molecular complexity index is 715. The number of urea groups is 1. The van der Waals surface area contributed by atoms with E-state index in [2.05, 4.69) is 5.32 Å². The first-order valence-electron chi connectivity index (χ1n) is 9.12. The molecule has 2 N–H and O–H groups in total. The Labute approximate surface area is 153 Å². The van der Waals surface area contributed by atoms with Crippen molar-refractivity contribution in [3.63, 3.8) is 0 Å². The summed E-state index contributed by atoms with van der Waals surface area (Å²) in [6, 6.07) is 15.8. The zero-order valence-electron chi connectivity index (χ0n) is 14.8. The largest absolute Gasteiger partial charge is 0.396 e. The Hall–Kier alpha value is -2.40. The van der Waals surface area contributed by atoms with Gasteiger partial charge in [0, 0.05) is 25.3 Å². The SMILES string of the molecule is O=C(N[C@H](Cc1ccccc1)c1ccccc1F)N1CCC(CO)CC1. The van der Waals surface area contributed by atoms with Gasteiger partial charge in [-0.2, -0.15) is 0 Å². The second-order valence-corrected chi connectivity index (χ2v) is 6.83. The minimum atomic E-state index is -0.429. The van der Waals surface area contributed by atoms with Crippen LogP contribution in [0.15, 0.2) is 54.6 Å². The van der Waals surface area contributed by atoms with Crippen LogP contribution in [0.25, 0.3) is 0 Å². The number of piperidine rings is 1. The Morgan fingerprint density at radius 3 is 2.42 bits per heavy atom. The number of amides is 2. The average Bonchev–Trinajstić information content (AvgIpc) is 2.69. The molecular weight excluding hydrogens is 331 g/mol. The molecule has 2 aromatic rings. The number of carbonyl (C=O) groups is 1. The topological polar surface area (TPSA) is 52.6 Å². The summed E-state index contributed by atoms with van der Waals surface area (Å²) in [5.74, 6) is -0.0431. The summed E-state index contributed by atoms with van der Waals surface area (Å²) in [5.41, 5.74) is 1.54. The molecule has 1 saturated heterocycles. The van der Waals surface area contributed by atoms with Gasteiger partial charge in [-0.05, 0) is 36.8 Å². The number of benzene rings is 2. The summed E-state index contributed by atoms with van der Waals surface area (Å²) in [6.45, 7) is 1.40. The lowest BCUT2D eigenvalue weighted by atomic mass is 9.97. The molecule has 0 saturated carbocycles. The Kier molecular flexibility index (Phi) is 6.23. The summed E-state index contributed by atoms with van der Waals surface area (Å²) < 4.78 is 14.3. The molecule has 138 valence electrons. The third-order valence-electron chi connectivity index (χ3n) is 5.02. The van der Waals surface area contributed by atoms with Gasteiger partial charge < -0.3 is 15.3 Å². The van der Waals surface area contributed by atoms with Crippen LogP contribution in [0.5, 0.6) is 0 Å². The summed E-state index contributed by atoms with van der Waals surface area (Å²) in [7, 11) is 0. The number of hydrogen-bond acceptors (Lipinski definition) is 2. The first-order chi connectivity index (χ1) is 12.7. The molecule has 1 heterocycles. The molecule has 0 unspecified atom stereocenters. The van der Waals surface area contributed by atoms with Gasteiger partial charge in [0.05, 0.1) is 6.04 Å². The van der Waals surface area contributed by atoms with E-state index in [0.717, 1.165) is 18.4 Å². The third-order valence-corrected chi connectivity index (χ3v) is 5.02. The summed E-state index contributed by atoms with van der Waals surface area (Å²) in [4.78, 5) is 14.5. The van der Waals surface area contributed by atoms with Crippen LogP contribution in [0.4, 0.5) is 9.18 Å². The molecule has 0 aliphatic carbocycles. The summed E-state index contributed by atoms with van der Waals surface area (Å²) >= 11 is 0. The van der Waals surface area contributed by atoms with Gasteiger partial charge in [0.15, 0.2) is 0 Å².